The molecule has 2 aromatic rings. The molecule has 2 fully saturated rings. The zero-order valence-corrected chi connectivity index (χ0v) is 15.4. The van der Waals surface area contributed by atoms with E-state index in [1.807, 2.05) is 29.2 Å². The van der Waals surface area contributed by atoms with Gasteiger partial charge in [-0.2, -0.15) is 11.3 Å². The van der Waals surface area contributed by atoms with Gasteiger partial charge in [0.15, 0.2) is 0 Å². The minimum Gasteiger partial charge on any atom is -0.339 e. The standard InChI is InChI=1S/C20H25N3OS/c24-19(18-3-14-25-16-18)23-12-6-20(7-13-23)4-10-22(11-5-20)15-17-1-8-21-9-2-17/h1-3,8-9,14,16H,4-7,10-13,15H2. The second kappa shape index (κ2) is 7.26. The maximum absolute atomic E-state index is 12.5. The van der Waals surface area contributed by atoms with Gasteiger partial charge in [-0.25, -0.2) is 0 Å². The average molecular weight is 356 g/mol. The first-order valence-electron chi connectivity index (χ1n) is 9.17. The van der Waals surface area contributed by atoms with Gasteiger partial charge in [0.2, 0.25) is 0 Å². The second-order valence-electron chi connectivity index (χ2n) is 7.44. The number of carbonyl (C=O) groups excluding carboxylic acids is 1. The van der Waals surface area contributed by atoms with Crippen molar-refractivity contribution in [3.05, 3.63) is 52.5 Å². The fraction of sp³-hybridized carbons (Fsp3) is 0.500. The van der Waals surface area contributed by atoms with E-state index >= 15 is 0 Å². The van der Waals surface area contributed by atoms with E-state index in [2.05, 4.69) is 26.9 Å². The molecular formula is C20H25N3OS. The molecule has 0 atom stereocenters. The molecule has 1 amide bonds. The van der Waals surface area contributed by atoms with Gasteiger partial charge < -0.3 is 4.90 Å². The van der Waals surface area contributed by atoms with Gasteiger partial charge in [0.25, 0.3) is 5.91 Å². The molecule has 0 unspecified atom stereocenters. The van der Waals surface area contributed by atoms with E-state index in [0.717, 1.165) is 38.0 Å². The number of rotatable bonds is 3. The van der Waals surface area contributed by atoms with Crippen molar-refractivity contribution in [1.82, 2.24) is 14.8 Å². The number of likely N-dealkylation sites (tertiary alicyclic amines) is 2. The molecule has 4 nitrogen and oxygen atoms in total. The molecule has 4 heterocycles. The van der Waals surface area contributed by atoms with Crippen LogP contribution < -0.4 is 0 Å². The summed E-state index contributed by atoms with van der Waals surface area (Å²) in [5, 5.41) is 3.95. The number of carbonyl (C=O) groups is 1. The number of hydrogen-bond donors (Lipinski definition) is 0. The quantitative estimate of drug-likeness (QED) is 0.843. The van der Waals surface area contributed by atoms with E-state index in [4.69, 9.17) is 0 Å². The number of aromatic nitrogens is 1. The van der Waals surface area contributed by atoms with E-state index in [9.17, 15) is 4.79 Å². The van der Waals surface area contributed by atoms with Crippen LogP contribution in [0.2, 0.25) is 0 Å². The van der Waals surface area contributed by atoms with Crippen LogP contribution in [0, 0.1) is 5.41 Å². The summed E-state index contributed by atoms with van der Waals surface area (Å²) in [6.45, 7) is 5.20. The molecule has 132 valence electrons. The lowest BCUT2D eigenvalue weighted by molar-refractivity contribution is 0.0285. The summed E-state index contributed by atoms with van der Waals surface area (Å²) in [5.41, 5.74) is 2.66. The highest BCUT2D eigenvalue weighted by Gasteiger charge is 2.38. The number of pyridine rings is 1. The average Bonchev–Trinajstić information content (AvgIpc) is 3.20. The molecule has 0 aromatic carbocycles. The Morgan fingerprint density at radius 2 is 1.72 bits per heavy atom. The van der Waals surface area contributed by atoms with Crippen molar-refractivity contribution in [2.24, 2.45) is 5.41 Å². The Kier molecular flexibility index (Phi) is 4.86. The highest BCUT2D eigenvalue weighted by Crippen LogP contribution is 2.41. The highest BCUT2D eigenvalue weighted by atomic mass is 32.1. The maximum Gasteiger partial charge on any atom is 0.254 e. The molecule has 2 aromatic heterocycles. The molecule has 5 heteroatoms. The predicted octanol–water partition coefficient (Wildman–Crippen LogP) is 3.66. The molecule has 0 bridgehead atoms. The van der Waals surface area contributed by atoms with E-state index in [1.54, 1.807) is 11.3 Å². The van der Waals surface area contributed by atoms with Gasteiger partial charge >= 0.3 is 0 Å². The van der Waals surface area contributed by atoms with E-state index in [0.29, 0.717) is 5.41 Å². The minimum absolute atomic E-state index is 0.214. The molecule has 0 N–H and O–H groups in total. The monoisotopic (exact) mass is 355 g/mol. The number of piperidine rings is 2. The van der Waals surface area contributed by atoms with Crippen LogP contribution in [0.3, 0.4) is 0 Å². The van der Waals surface area contributed by atoms with Crippen molar-refractivity contribution in [3.63, 3.8) is 0 Å². The molecule has 0 radical (unpaired) electrons. The molecular weight excluding hydrogens is 330 g/mol. The van der Waals surface area contributed by atoms with Gasteiger partial charge in [-0.05, 0) is 73.3 Å². The van der Waals surface area contributed by atoms with Gasteiger partial charge in [-0.1, -0.05) is 0 Å². The number of thiophene rings is 1. The van der Waals surface area contributed by atoms with Crippen LogP contribution in [0.5, 0.6) is 0 Å². The van der Waals surface area contributed by atoms with E-state index < -0.39 is 0 Å². The topological polar surface area (TPSA) is 36.4 Å². The highest BCUT2D eigenvalue weighted by molar-refractivity contribution is 7.08. The lowest BCUT2D eigenvalue weighted by atomic mass is 9.71. The Hall–Kier alpha value is -1.72. The van der Waals surface area contributed by atoms with Crippen molar-refractivity contribution < 1.29 is 4.79 Å². The van der Waals surface area contributed by atoms with Gasteiger partial charge in [-0.15, -0.1) is 0 Å². The first-order chi connectivity index (χ1) is 12.2. The lowest BCUT2D eigenvalue weighted by Gasteiger charge is -2.47. The first-order valence-corrected chi connectivity index (χ1v) is 10.1. The SMILES string of the molecule is O=C(c1ccsc1)N1CCC2(CCN(Cc3ccncc3)CC2)CC1. The lowest BCUT2D eigenvalue weighted by Crippen LogP contribution is -2.48. The number of nitrogens with zero attached hydrogens (tertiary/aromatic N) is 3. The minimum atomic E-state index is 0.214. The zero-order valence-electron chi connectivity index (χ0n) is 14.6. The van der Waals surface area contributed by atoms with Gasteiger partial charge in [-0.3, -0.25) is 14.7 Å². The fourth-order valence-corrected chi connectivity index (χ4v) is 4.81. The van der Waals surface area contributed by atoms with Crippen LogP contribution in [-0.2, 0) is 6.54 Å². The summed E-state index contributed by atoms with van der Waals surface area (Å²) in [5.74, 6) is 0.214. The van der Waals surface area contributed by atoms with Crippen molar-refractivity contribution in [3.8, 4) is 0 Å². The third-order valence-electron chi connectivity index (χ3n) is 5.95. The third kappa shape index (κ3) is 3.77. The zero-order chi connectivity index (χ0) is 17.1. The van der Waals surface area contributed by atoms with Crippen molar-refractivity contribution >= 4 is 17.2 Å². The largest absolute Gasteiger partial charge is 0.339 e. The summed E-state index contributed by atoms with van der Waals surface area (Å²) < 4.78 is 0. The van der Waals surface area contributed by atoms with E-state index in [-0.39, 0.29) is 5.91 Å². The summed E-state index contributed by atoms with van der Waals surface area (Å²) in [4.78, 5) is 21.2. The molecule has 2 aliphatic rings. The van der Waals surface area contributed by atoms with Crippen molar-refractivity contribution in [2.75, 3.05) is 26.2 Å². The third-order valence-corrected chi connectivity index (χ3v) is 6.63. The number of hydrogen-bond acceptors (Lipinski definition) is 4. The molecule has 1 spiro atoms. The molecule has 25 heavy (non-hydrogen) atoms. The summed E-state index contributed by atoms with van der Waals surface area (Å²) in [6.07, 6.45) is 8.59. The first kappa shape index (κ1) is 16.7. The van der Waals surface area contributed by atoms with Crippen LogP contribution >= 0.6 is 11.3 Å². The molecule has 0 saturated carbocycles. The normalized spacial score (nSPS) is 20.7. The Balaban J connectivity index is 1.29. The van der Waals surface area contributed by atoms with Crippen molar-refractivity contribution in [2.45, 2.75) is 32.2 Å². The Morgan fingerprint density at radius 3 is 2.36 bits per heavy atom. The van der Waals surface area contributed by atoms with Gasteiger partial charge in [0, 0.05) is 37.4 Å². The van der Waals surface area contributed by atoms with Crippen LogP contribution in [-0.4, -0.2) is 46.9 Å². The molecule has 2 saturated heterocycles. The Bertz CT molecular complexity index is 683. The van der Waals surface area contributed by atoms with Crippen LogP contribution in [0.1, 0.15) is 41.6 Å². The van der Waals surface area contributed by atoms with Crippen LogP contribution in [0.15, 0.2) is 41.4 Å². The second-order valence-corrected chi connectivity index (χ2v) is 8.22. The fourth-order valence-electron chi connectivity index (χ4n) is 4.18. The van der Waals surface area contributed by atoms with Gasteiger partial charge in [0.1, 0.15) is 0 Å². The van der Waals surface area contributed by atoms with Crippen LogP contribution in [0.25, 0.3) is 0 Å². The van der Waals surface area contributed by atoms with Crippen LogP contribution in [0.4, 0.5) is 0 Å². The smallest absolute Gasteiger partial charge is 0.254 e. The predicted molar refractivity (Wildman–Crippen MR) is 101 cm³/mol. The number of amides is 1. The van der Waals surface area contributed by atoms with Crippen molar-refractivity contribution in [1.29, 1.82) is 0 Å². The summed E-state index contributed by atoms with van der Waals surface area (Å²) >= 11 is 1.60. The summed E-state index contributed by atoms with van der Waals surface area (Å²) in [7, 11) is 0. The van der Waals surface area contributed by atoms with Gasteiger partial charge in [0.05, 0.1) is 5.56 Å². The Morgan fingerprint density at radius 1 is 1.04 bits per heavy atom. The maximum atomic E-state index is 12.5. The van der Waals surface area contributed by atoms with E-state index in [1.165, 1.54) is 31.5 Å². The molecule has 4 rings (SSSR count). The molecule has 2 aliphatic heterocycles. The Labute approximate surface area is 153 Å². The molecule has 0 aliphatic carbocycles. The summed E-state index contributed by atoms with van der Waals surface area (Å²) in [6, 6.07) is 6.16.